The molecule has 0 saturated carbocycles. The summed E-state index contributed by atoms with van der Waals surface area (Å²) in [5, 5.41) is 3.38. The molecule has 1 amide bonds. The summed E-state index contributed by atoms with van der Waals surface area (Å²) in [7, 11) is 0. The molecule has 0 aliphatic carbocycles. The zero-order chi connectivity index (χ0) is 15.2. The highest BCUT2D eigenvalue weighted by Gasteiger charge is 2.10. The van der Waals surface area contributed by atoms with Gasteiger partial charge in [-0.1, -0.05) is 42.1 Å². The number of carbonyl (C=O) groups excluding carboxylic acids is 1. The van der Waals surface area contributed by atoms with Crippen molar-refractivity contribution < 1.29 is 4.79 Å². The Kier molecular flexibility index (Phi) is 5.16. The van der Waals surface area contributed by atoms with E-state index in [1.165, 1.54) is 17.8 Å². The average molecular weight is 303 g/mol. The van der Waals surface area contributed by atoms with Gasteiger partial charge in [-0.3, -0.25) is 9.59 Å². The van der Waals surface area contributed by atoms with Gasteiger partial charge in [0, 0.05) is 11.8 Å². The molecular weight excluding hydrogens is 286 g/mol. The third kappa shape index (κ3) is 4.75. The third-order valence-electron chi connectivity index (χ3n) is 2.87. The van der Waals surface area contributed by atoms with E-state index in [1.807, 2.05) is 37.3 Å². The molecule has 0 bridgehead atoms. The van der Waals surface area contributed by atoms with Crippen molar-refractivity contribution in [2.75, 3.05) is 5.75 Å². The van der Waals surface area contributed by atoms with Gasteiger partial charge in [-0.05, 0) is 19.4 Å². The van der Waals surface area contributed by atoms with Crippen LogP contribution in [0, 0.1) is 6.92 Å². The molecule has 5 nitrogen and oxygen atoms in total. The molecule has 0 aliphatic rings. The molecule has 1 aromatic heterocycles. The number of amides is 1. The first-order valence-corrected chi connectivity index (χ1v) is 7.58. The number of hydrogen-bond donors (Lipinski definition) is 2. The molecule has 2 rings (SSSR count). The van der Waals surface area contributed by atoms with Gasteiger partial charge in [0.25, 0.3) is 5.56 Å². The molecular formula is C15H17N3O2S. The number of aryl methyl sites for hydroxylation is 1. The van der Waals surface area contributed by atoms with Crippen molar-refractivity contribution in [1.29, 1.82) is 0 Å². The van der Waals surface area contributed by atoms with Crippen LogP contribution in [0.4, 0.5) is 0 Å². The van der Waals surface area contributed by atoms with Gasteiger partial charge in [-0.25, -0.2) is 4.98 Å². The number of nitrogens with zero attached hydrogens (tertiary/aromatic N) is 1. The van der Waals surface area contributed by atoms with Gasteiger partial charge < -0.3 is 10.3 Å². The molecule has 1 aromatic carbocycles. The van der Waals surface area contributed by atoms with Crippen molar-refractivity contribution in [2.24, 2.45) is 0 Å². The van der Waals surface area contributed by atoms with Crippen LogP contribution in [-0.2, 0) is 4.79 Å². The zero-order valence-corrected chi connectivity index (χ0v) is 12.7. The maximum absolute atomic E-state index is 11.9. The lowest BCUT2D eigenvalue weighted by atomic mass is 10.1. The Labute approximate surface area is 127 Å². The second-order valence-electron chi connectivity index (χ2n) is 4.68. The van der Waals surface area contributed by atoms with Crippen LogP contribution in [0.3, 0.4) is 0 Å². The van der Waals surface area contributed by atoms with E-state index >= 15 is 0 Å². The molecule has 110 valence electrons. The average Bonchev–Trinajstić information content (AvgIpc) is 2.45. The van der Waals surface area contributed by atoms with Crippen LogP contribution in [0.2, 0.25) is 0 Å². The predicted octanol–water partition coefficient (Wildman–Crippen LogP) is 2.05. The van der Waals surface area contributed by atoms with Crippen LogP contribution in [0.5, 0.6) is 0 Å². The van der Waals surface area contributed by atoms with Gasteiger partial charge in [0.05, 0.1) is 11.8 Å². The Morgan fingerprint density at radius 3 is 2.76 bits per heavy atom. The molecule has 2 N–H and O–H groups in total. The fourth-order valence-electron chi connectivity index (χ4n) is 1.86. The molecule has 1 heterocycles. The molecule has 6 heteroatoms. The molecule has 0 aliphatic heterocycles. The van der Waals surface area contributed by atoms with Crippen LogP contribution in [-0.4, -0.2) is 21.6 Å². The fourth-order valence-corrected chi connectivity index (χ4v) is 2.59. The van der Waals surface area contributed by atoms with Crippen molar-refractivity contribution in [3.8, 4) is 0 Å². The smallest absolute Gasteiger partial charge is 0.251 e. The molecule has 0 fully saturated rings. The summed E-state index contributed by atoms with van der Waals surface area (Å²) in [5.74, 6) is 0.115. The Hall–Kier alpha value is -2.08. The first-order valence-electron chi connectivity index (χ1n) is 6.59. The summed E-state index contributed by atoms with van der Waals surface area (Å²) in [6.45, 7) is 3.68. The highest BCUT2D eigenvalue weighted by Crippen LogP contribution is 2.14. The molecule has 0 saturated heterocycles. The van der Waals surface area contributed by atoms with E-state index < -0.39 is 0 Å². The molecule has 0 unspecified atom stereocenters. The van der Waals surface area contributed by atoms with Crippen LogP contribution in [0.25, 0.3) is 0 Å². The maximum atomic E-state index is 11.9. The summed E-state index contributed by atoms with van der Waals surface area (Å²) in [5.41, 5.74) is 1.49. The summed E-state index contributed by atoms with van der Waals surface area (Å²) < 4.78 is 0. The van der Waals surface area contributed by atoms with Crippen molar-refractivity contribution >= 4 is 17.7 Å². The van der Waals surface area contributed by atoms with Gasteiger partial charge in [0.2, 0.25) is 5.91 Å². The van der Waals surface area contributed by atoms with E-state index in [-0.39, 0.29) is 23.3 Å². The number of carbonyl (C=O) groups is 1. The van der Waals surface area contributed by atoms with E-state index in [1.54, 1.807) is 6.92 Å². The summed E-state index contributed by atoms with van der Waals surface area (Å²) in [4.78, 5) is 30.0. The number of hydrogen-bond acceptors (Lipinski definition) is 4. The minimum Gasteiger partial charge on any atom is -0.349 e. The quantitative estimate of drug-likeness (QED) is 0.655. The second kappa shape index (κ2) is 7.08. The molecule has 1 atom stereocenters. The number of thioether (sulfide) groups is 1. The fraction of sp³-hybridized carbons (Fsp3) is 0.267. The highest BCUT2D eigenvalue weighted by molar-refractivity contribution is 7.99. The molecule has 0 radical (unpaired) electrons. The first-order chi connectivity index (χ1) is 10.0. The van der Waals surface area contributed by atoms with Crippen LogP contribution >= 0.6 is 11.8 Å². The summed E-state index contributed by atoms with van der Waals surface area (Å²) in [6, 6.07) is 11.1. The summed E-state index contributed by atoms with van der Waals surface area (Å²) >= 11 is 1.22. The van der Waals surface area contributed by atoms with E-state index in [2.05, 4.69) is 15.3 Å². The van der Waals surface area contributed by atoms with Crippen LogP contribution in [0.1, 0.15) is 24.2 Å². The van der Waals surface area contributed by atoms with E-state index in [0.29, 0.717) is 10.9 Å². The topological polar surface area (TPSA) is 74.8 Å². The largest absolute Gasteiger partial charge is 0.349 e. The van der Waals surface area contributed by atoms with Crippen molar-refractivity contribution in [2.45, 2.75) is 25.0 Å². The van der Waals surface area contributed by atoms with Crippen LogP contribution in [0.15, 0.2) is 46.3 Å². The van der Waals surface area contributed by atoms with Gasteiger partial charge in [0.15, 0.2) is 5.16 Å². The molecule has 21 heavy (non-hydrogen) atoms. The number of rotatable bonds is 5. The van der Waals surface area contributed by atoms with E-state index in [0.717, 1.165) is 5.56 Å². The standard InChI is InChI=1S/C15H17N3O2S/c1-10-8-13(19)18-15(16-10)21-9-14(20)17-11(2)12-6-4-3-5-7-12/h3-8,11H,9H2,1-2H3,(H,17,20)(H,16,18,19)/t11-/m0/s1. The van der Waals surface area contributed by atoms with Gasteiger partial charge in [-0.2, -0.15) is 0 Å². The summed E-state index contributed by atoms with van der Waals surface area (Å²) in [6.07, 6.45) is 0. The molecule has 0 spiro atoms. The van der Waals surface area contributed by atoms with E-state index in [9.17, 15) is 9.59 Å². The Bertz CT molecular complexity index is 670. The minimum absolute atomic E-state index is 0.0520. The maximum Gasteiger partial charge on any atom is 0.251 e. The lowest BCUT2D eigenvalue weighted by Gasteiger charge is -2.13. The van der Waals surface area contributed by atoms with Gasteiger partial charge in [-0.15, -0.1) is 0 Å². The lowest BCUT2D eigenvalue weighted by molar-refractivity contribution is -0.119. The number of benzene rings is 1. The van der Waals surface area contributed by atoms with Crippen molar-refractivity contribution in [3.63, 3.8) is 0 Å². The van der Waals surface area contributed by atoms with Crippen LogP contribution < -0.4 is 10.9 Å². The highest BCUT2D eigenvalue weighted by atomic mass is 32.2. The van der Waals surface area contributed by atoms with Crippen molar-refractivity contribution in [3.05, 3.63) is 58.0 Å². The van der Waals surface area contributed by atoms with Gasteiger partial charge >= 0.3 is 0 Å². The van der Waals surface area contributed by atoms with E-state index in [4.69, 9.17) is 0 Å². The monoisotopic (exact) mass is 303 g/mol. The number of aromatic amines is 1. The minimum atomic E-state index is -0.205. The second-order valence-corrected chi connectivity index (χ2v) is 5.64. The Morgan fingerprint density at radius 2 is 2.10 bits per heavy atom. The Morgan fingerprint density at radius 1 is 1.38 bits per heavy atom. The zero-order valence-electron chi connectivity index (χ0n) is 11.9. The lowest BCUT2D eigenvalue weighted by Crippen LogP contribution is -2.28. The van der Waals surface area contributed by atoms with Crippen molar-refractivity contribution in [1.82, 2.24) is 15.3 Å². The Balaban J connectivity index is 1.89. The SMILES string of the molecule is Cc1cc(=O)[nH]c(SCC(=O)N[C@@H](C)c2ccccc2)n1. The normalized spacial score (nSPS) is 11.9. The van der Waals surface area contributed by atoms with Gasteiger partial charge in [0.1, 0.15) is 0 Å². The third-order valence-corrected chi connectivity index (χ3v) is 3.74. The number of H-pyrrole nitrogens is 1. The number of aromatic nitrogens is 2. The molecule has 2 aromatic rings. The number of nitrogens with one attached hydrogen (secondary N) is 2. The predicted molar refractivity (Wildman–Crippen MR) is 83.3 cm³/mol. The first kappa shape index (κ1) is 15.3.